The molecule has 7 nitrogen and oxygen atoms in total. The van der Waals surface area contributed by atoms with Crippen LogP contribution in [0.1, 0.15) is 6.42 Å². The lowest BCUT2D eigenvalue weighted by Crippen LogP contribution is -2.33. The van der Waals surface area contributed by atoms with Crippen molar-refractivity contribution in [3.63, 3.8) is 0 Å². The molecule has 0 aliphatic heterocycles. The highest BCUT2D eigenvalue weighted by molar-refractivity contribution is 7.89. The summed E-state index contributed by atoms with van der Waals surface area (Å²) in [5, 5.41) is 10.4. The maximum absolute atomic E-state index is 12.7. The van der Waals surface area contributed by atoms with E-state index in [-0.39, 0.29) is 17.9 Å². The number of hydrogen-bond acceptors (Lipinski definition) is 4. The van der Waals surface area contributed by atoms with Crippen LogP contribution in [0, 0.1) is 5.82 Å². The number of carboxylic acids is 1. The predicted octanol–water partition coefficient (Wildman–Crippen LogP) is -0.305. The third kappa shape index (κ3) is 5.33. The first kappa shape index (κ1) is 16.1. The molecule has 110 valence electrons. The molecule has 0 unspecified atom stereocenters. The Labute approximate surface area is 114 Å². The Morgan fingerprint density at radius 3 is 2.35 bits per heavy atom. The van der Waals surface area contributed by atoms with Gasteiger partial charge < -0.3 is 10.4 Å². The summed E-state index contributed by atoms with van der Waals surface area (Å²) in [4.78, 5) is 21.2. The van der Waals surface area contributed by atoms with Crippen molar-refractivity contribution in [1.29, 1.82) is 0 Å². The summed E-state index contributed by atoms with van der Waals surface area (Å²) < 4.78 is 38.3. The van der Waals surface area contributed by atoms with Crippen LogP contribution >= 0.6 is 0 Å². The molecule has 0 aliphatic carbocycles. The van der Waals surface area contributed by atoms with Gasteiger partial charge in [0.2, 0.25) is 15.9 Å². The Hall–Kier alpha value is -2.00. The first-order valence-corrected chi connectivity index (χ1v) is 7.03. The summed E-state index contributed by atoms with van der Waals surface area (Å²) in [5.74, 6) is -2.34. The summed E-state index contributed by atoms with van der Waals surface area (Å²) in [6, 6.07) is 4.21. The molecule has 0 fully saturated rings. The fourth-order valence-electron chi connectivity index (χ4n) is 1.26. The van der Waals surface area contributed by atoms with Gasteiger partial charge in [0.25, 0.3) is 0 Å². The lowest BCUT2D eigenvalue weighted by Gasteiger charge is -2.06. The second kappa shape index (κ2) is 6.96. The molecule has 0 saturated carbocycles. The molecule has 1 aromatic carbocycles. The molecule has 0 atom stereocenters. The van der Waals surface area contributed by atoms with Gasteiger partial charge in [0, 0.05) is 13.0 Å². The summed E-state index contributed by atoms with van der Waals surface area (Å²) in [6.07, 6.45) is -0.201. The van der Waals surface area contributed by atoms with E-state index in [1.807, 2.05) is 0 Å². The van der Waals surface area contributed by atoms with Crippen molar-refractivity contribution in [2.75, 3.05) is 13.1 Å². The third-order valence-electron chi connectivity index (χ3n) is 2.20. The standard InChI is InChI=1S/C11H13FN2O5S/c12-8-1-3-9(4-2-8)20(18,19)14-6-5-10(15)13-7-11(16)17/h1-4,14H,5-7H2,(H,13,15)(H,16,17). The monoisotopic (exact) mass is 304 g/mol. The van der Waals surface area contributed by atoms with Crippen molar-refractivity contribution in [2.45, 2.75) is 11.3 Å². The number of carbonyl (C=O) groups is 2. The zero-order valence-corrected chi connectivity index (χ0v) is 11.1. The first-order chi connectivity index (χ1) is 9.31. The highest BCUT2D eigenvalue weighted by Crippen LogP contribution is 2.09. The van der Waals surface area contributed by atoms with Gasteiger partial charge in [-0.05, 0) is 24.3 Å². The van der Waals surface area contributed by atoms with Gasteiger partial charge in [-0.3, -0.25) is 9.59 Å². The molecule has 9 heteroatoms. The molecule has 0 saturated heterocycles. The lowest BCUT2D eigenvalue weighted by molar-refractivity contribution is -0.137. The zero-order valence-electron chi connectivity index (χ0n) is 10.3. The number of amides is 1. The van der Waals surface area contributed by atoms with Crippen molar-refractivity contribution in [3.8, 4) is 0 Å². The number of benzene rings is 1. The van der Waals surface area contributed by atoms with Gasteiger partial charge in [-0.25, -0.2) is 17.5 Å². The van der Waals surface area contributed by atoms with Crippen LogP contribution in [0.15, 0.2) is 29.2 Å². The Morgan fingerprint density at radius 2 is 1.80 bits per heavy atom. The maximum Gasteiger partial charge on any atom is 0.322 e. The van der Waals surface area contributed by atoms with E-state index in [4.69, 9.17) is 5.11 Å². The van der Waals surface area contributed by atoms with Crippen LogP contribution in [0.25, 0.3) is 0 Å². The van der Waals surface area contributed by atoms with E-state index in [1.165, 1.54) is 0 Å². The van der Waals surface area contributed by atoms with E-state index in [1.54, 1.807) is 0 Å². The average Bonchev–Trinajstić information content (AvgIpc) is 2.36. The van der Waals surface area contributed by atoms with Gasteiger partial charge in [0.05, 0.1) is 4.90 Å². The Balaban J connectivity index is 2.46. The second-order valence-corrected chi connectivity index (χ2v) is 5.54. The molecule has 0 radical (unpaired) electrons. The summed E-state index contributed by atoms with van der Waals surface area (Å²) in [7, 11) is -3.82. The zero-order chi connectivity index (χ0) is 15.2. The number of sulfonamides is 1. The van der Waals surface area contributed by atoms with E-state index in [9.17, 15) is 22.4 Å². The third-order valence-corrected chi connectivity index (χ3v) is 3.68. The Morgan fingerprint density at radius 1 is 1.20 bits per heavy atom. The van der Waals surface area contributed by atoms with Gasteiger partial charge in [0.15, 0.2) is 0 Å². The van der Waals surface area contributed by atoms with E-state index >= 15 is 0 Å². The van der Waals surface area contributed by atoms with Crippen LogP contribution in [0.5, 0.6) is 0 Å². The van der Waals surface area contributed by atoms with Gasteiger partial charge in [-0.2, -0.15) is 0 Å². The van der Waals surface area contributed by atoms with E-state index in [2.05, 4.69) is 10.0 Å². The van der Waals surface area contributed by atoms with Crippen LogP contribution in [-0.2, 0) is 19.6 Å². The normalized spacial score (nSPS) is 11.1. The summed E-state index contributed by atoms with van der Waals surface area (Å²) >= 11 is 0. The molecule has 1 amide bonds. The topological polar surface area (TPSA) is 113 Å². The van der Waals surface area contributed by atoms with E-state index < -0.39 is 34.3 Å². The number of carbonyl (C=O) groups excluding carboxylic acids is 1. The fraction of sp³-hybridized carbons (Fsp3) is 0.273. The Kier molecular flexibility index (Phi) is 5.59. The number of rotatable bonds is 7. The SMILES string of the molecule is O=C(O)CNC(=O)CCNS(=O)(=O)c1ccc(F)cc1. The van der Waals surface area contributed by atoms with Crippen LogP contribution in [-0.4, -0.2) is 38.5 Å². The molecular weight excluding hydrogens is 291 g/mol. The van der Waals surface area contributed by atoms with Gasteiger partial charge >= 0.3 is 5.97 Å². The van der Waals surface area contributed by atoms with Crippen molar-refractivity contribution in [3.05, 3.63) is 30.1 Å². The predicted molar refractivity (Wildman–Crippen MR) is 66.9 cm³/mol. The lowest BCUT2D eigenvalue weighted by atomic mass is 10.4. The van der Waals surface area contributed by atoms with Crippen LogP contribution < -0.4 is 10.0 Å². The fourth-order valence-corrected chi connectivity index (χ4v) is 2.29. The van der Waals surface area contributed by atoms with Crippen molar-refractivity contribution < 1.29 is 27.5 Å². The summed E-state index contributed by atoms with van der Waals surface area (Å²) in [5.41, 5.74) is 0. The summed E-state index contributed by atoms with van der Waals surface area (Å²) in [6.45, 7) is -0.714. The average molecular weight is 304 g/mol. The molecular formula is C11H13FN2O5S. The Bertz CT molecular complexity index is 585. The number of halogens is 1. The highest BCUT2D eigenvalue weighted by atomic mass is 32.2. The number of hydrogen-bond donors (Lipinski definition) is 3. The van der Waals surface area contributed by atoms with Crippen molar-refractivity contribution in [2.24, 2.45) is 0 Å². The van der Waals surface area contributed by atoms with E-state index in [0.29, 0.717) is 0 Å². The number of aliphatic carboxylic acids is 1. The van der Waals surface area contributed by atoms with Gasteiger partial charge in [-0.15, -0.1) is 0 Å². The smallest absolute Gasteiger partial charge is 0.322 e. The molecule has 1 rings (SSSR count). The highest BCUT2D eigenvalue weighted by Gasteiger charge is 2.14. The molecule has 0 spiro atoms. The van der Waals surface area contributed by atoms with Gasteiger partial charge in [-0.1, -0.05) is 0 Å². The largest absolute Gasteiger partial charge is 0.480 e. The number of carboxylic acid groups (broad SMARTS) is 1. The van der Waals surface area contributed by atoms with Crippen molar-refractivity contribution >= 4 is 21.9 Å². The molecule has 3 N–H and O–H groups in total. The quantitative estimate of drug-likeness (QED) is 0.640. The number of nitrogens with one attached hydrogen (secondary N) is 2. The molecule has 0 aromatic heterocycles. The van der Waals surface area contributed by atoms with Crippen LogP contribution in [0.4, 0.5) is 4.39 Å². The minimum Gasteiger partial charge on any atom is -0.480 e. The molecule has 1 aromatic rings. The molecule has 0 aliphatic rings. The maximum atomic E-state index is 12.7. The molecule has 0 heterocycles. The van der Waals surface area contributed by atoms with Crippen molar-refractivity contribution in [1.82, 2.24) is 10.0 Å². The molecule has 0 bridgehead atoms. The first-order valence-electron chi connectivity index (χ1n) is 5.55. The van der Waals surface area contributed by atoms with Gasteiger partial charge in [0.1, 0.15) is 12.4 Å². The minimum absolute atomic E-state index is 0.121. The minimum atomic E-state index is -3.82. The molecule has 20 heavy (non-hydrogen) atoms. The van der Waals surface area contributed by atoms with Crippen LogP contribution in [0.3, 0.4) is 0 Å². The van der Waals surface area contributed by atoms with Crippen LogP contribution in [0.2, 0.25) is 0 Å². The second-order valence-electron chi connectivity index (χ2n) is 3.77. The van der Waals surface area contributed by atoms with E-state index in [0.717, 1.165) is 24.3 Å².